The summed E-state index contributed by atoms with van der Waals surface area (Å²) in [6.45, 7) is 7.55. The molecule has 4 heteroatoms. The fourth-order valence-corrected chi connectivity index (χ4v) is 4.20. The van der Waals surface area contributed by atoms with Crippen LogP contribution in [-0.4, -0.2) is 35.5 Å². The quantitative estimate of drug-likeness (QED) is 0.128. The molecule has 194 valence electrons. The molecule has 0 atom stereocenters. The summed E-state index contributed by atoms with van der Waals surface area (Å²) in [5.74, 6) is 0.634. The first-order valence-corrected chi connectivity index (χ1v) is 14.4. The van der Waals surface area contributed by atoms with Gasteiger partial charge < -0.3 is 4.90 Å². The second-order valence-electron chi connectivity index (χ2n) is 9.80. The molecule has 0 aliphatic rings. The number of Topliss-reactive ketones (excluding diaryl/α,β-unsaturated/α-hetero) is 2. The van der Waals surface area contributed by atoms with Gasteiger partial charge in [-0.05, 0) is 19.3 Å². The first-order valence-electron chi connectivity index (χ1n) is 14.4. The predicted molar refractivity (Wildman–Crippen MR) is 141 cm³/mol. The van der Waals surface area contributed by atoms with Gasteiger partial charge in [-0.2, -0.15) is 0 Å². The lowest BCUT2D eigenvalue weighted by molar-refractivity contribution is -0.132. The van der Waals surface area contributed by atoms with Gasteiger partial charge in [0.05, 0.1) is 0 Å². The van der Waals surface area contributed by atoms with Crippen LogP contribution in [0.2, 0.25) is 0 Å². The Labute approximate surface area is 205 Å². The van der Waals surface area contributed by atoms with Crippen molar-refractivity contribution in [1.82, 2.24) is 4.90 Å². The van der Waals surface area contributed by atoms with E-state index >= 15 is 0 Å². The summed E-state index contributed by atoms with van der Waals surface area (Å²) in [5.41, 5.74) is 0. The Bertz CT molecular complexity index is 459. The molecule has 0 saturated heterocycles. The molecule has 1 amide bonds. The van der Waals surface area contributed by atoms with E-state index in [1.165, 1.54) is 64.2 Å². The number of hydrogen-bond donors (Lipinski definition) is 0. The normalized spacial score (nSPS) is 11.0. The van der Waals surface area contributed by atoms with Crippen LogP contribution in [0.5, 0.6) is 0 Å². The molecule has 0 fully saturated rings. The maximum atomic E-state index is 12.8. The van der Waals surface area contributed by atoms with E-state index in [2.05, 4.69) is 20.8 Å². The van der Waals surface area contributed by atoms with E-state index in [0.717, 1.165) is 38.5 Å². The van der Waals surface area contributed by atoms with Crippen molar-refractivity contribution in [3.8, 4) is 0 Å². The SMILES string of the molecule is CCCCCCCCC(=O)N(CCC(=O)CCCCCCC)CCC(=O)CCCCCCC. The lowest BCUT2D eigenvalue weighted by Crippen LogP contribution is -2.34. The Morgan fingerprint density at radius 3 is 1.15 bits per heavy atom. The molecule has 0 aromatic carbocycles. The van der Waals surface area contributed by atoms with Gasteiger partial charge >= 0.3 is 0 Å². The third-order valence-corrected chi connectivity index (χ3v) is 6.54. The molecule has 0 saturated carbocycles. The molecule has 0 N–H and O–H groups in total. The second-order valence-corrected chi connectivity index (χ2v) is 9.80. The van der Waals surface area contributed by atoms with Crippen LogP contribution < -0.4 is 0 Å². The first-order chi connectivity index (χ1) is 16.0. The minimum Gasteiger partial charge on any atom is -0.342 e. The van der Waals surface area contributed by atoms with Crippen LogP contribution in [0.25, 0.3) is 0 Å². The molecule has 0 spiro atoms. The minimum atomic E-state index is 0.122. The van der Waals surface area contributed by atoms with Crippen molar-refractivity contribution >= 4 is 17.5 Å². The number of amides is 1. The summed E-state index contributed by atoms with van der Waals surface area (Å²) in [6.07, 6.45) is 21.0. The van der Waals surface area contributed by atoms with Crippen molar-refractivity contribution in [1.29, 1.82) is 0 Å². The molecule has 0 aromatic heterocycles. The van der Waals surface area contributed by atoms with Gasteiger partial charge in [-0.3, -0.25) is 14.4 Å². The lowest BCUT2D eigenvalue weighted by atomic mass is 10.1. The zero-order valence-corrected chi connectivity index (χ0v) is 22.4. The number of hydrogen-bond acceptors (Lipinski definition) is 3. The Hall–Kier alpha value is -1.19. The van der Waals surface area contributed by atoms with Crippen LogP contribution in [-0.2, 0) is 14.4 Å². The molecule has 4 nitrogen and oxygen atoms in total. The van der Waals surface area contributed by atoms with Crippen LogP contribution in [0, 0.1) is 0 Å². The number of ketones is 2. The number of rotatable bonds is 25. The van der Waals surface area contributed by atoms with E-state index in [-0.39, 0.29) is 17.5 Å². The van der Waals surface area contributed by atoms with Crippen molar-refractivity contribution in [2.24, 2.45) is 0 Å². The Balaban J connectivity index is 4.39. The van der Waals surface area contributed by atoms with Crippen molar-refractivity contribution in [2.75, 3.05) is 13.1 Å². The zero-order valence-electron chi connectivity index (χ0n) is 22.4. The van der Waals surface area contributed by atoms with E-state index in [4.69, 9.17) is 0 Å². The highest BCUT2D eigenvalue weighted by molar-refractivity contribution is 5.82. The minimum absolute atomic E-state index is 0.122. The number of carbonyl (C=O) groups excluding carboxylic acids is 3. The molecule has 0 rings (SSSR count). The molecular weight excluding hydrogens is 410 g/mol. The van der Waals surface area contributed by atoms with Gasteiger partial charge in [-0.1, -0.05) is 104 Å². The number of unbranched alkanes of at least 4 members (excludes halogenated alkanes) is 13. The third-order valence-electron chi connectivity index (χ3n) is 6.54. The fraction of sp³-hybridized carbons (Fsp3) is 0.897. The first kappa shape index (κ1) is 31.8. The largest absolute Gasteiger partial charge is 0.342 e. The lowest BCUT2D eigenvalue weighted by Gasteiger charge is -2.22. The van der Waals surface area contributed by atoms with Crippen molar-refractivity contribution in [3.63, 3.8) is 0 Å². The summed E-state index contributed by atoms with van der Waals surface area (Å²) in [6, 6.07) is 0. The smallest absolute Gasteiger partial charge is 0.222 e. The van der Waals surface area contributed by atoms with Gasteiger partial charge in [0.2, 0.25) is 5.91 Å². The number of carbonyl (C=O) groups is 3. The van der Waals surface area contributed by atoms with E-state index in [1.807, 2.05) is 0 Å². The average molecular weight is 466 g/mol. The summed E-state index contributed by atoms with van der Waals surface area (Å²) in [5, 5.41) is 0. The third kappa shape index (κ3) is 21.1. The van der Waals surface area contributed by atoms with Crippen molar-refractivity contribution < 1.29 is 14.4 Å². The molecule has 0 aliphatic carbocycles. The molecule has 0 aromatic rings. The zero-order chi connectivity index (χ0) is 24.6. The van der Waals surface area contributed by atoms with Crippen molar-refractivity contribution in [3.05, 3.63) is 0 Å². The summed E-state index contributed by atoms with van der Waals surface area (Å²) in [4.78, 5) is 39.3. The molecule has 0 heterocycles. The standard InChI is InChI=1S/C29H55NO3/c1-4-7-10-13-16-19-22-29(33)30(25-23-27(31)20-17-14-11-8-5-2)26-24-28(32)21-18-15-12-9-6-3/h4-26H2,1-3H3. The Morgan fingerprint density at radius 1 is 0.424 bits per heavy atom. The van der Waals surface area contributed by atoms with E-state index in [9.17, 15) is 14.4 Å². The van der Waals surface area contributed by atoms with Gasteiger partial charge in [0.15, 0.2) is 0 Å². The molecule has 0 bridgehead atoms. The predicted octanol–water partition coefficient (Wildman–Crippen LogP) is 8.21. The van der Waals surface area contributed by atoms with Crippen LogP contribution in [0.4, 0.5) is 0 Å². The summed E-state index contributed by atoms with van der Waals surface area (Å²) >= 11 is 0. The maximum absolute atomic E-state index is 12.8. The Morgan fingerprint density at radius 2 is 0.758 bits per heavy atom. The molecule has 33 heavy (non-hydrogen) atoms. The van der Waals surface area contributed by atoms with Crippen molar-refractivity contribution in [2.45, 2.75) is 156 Å². The van der Waals surface area contributed by atoms with Gasteiger partial charge in [-0.15, -0.1) is 0 Å². The highest BCUT2D eigenvalue weighted by atomic mass is 16.2. The van der Waals surface area contributed by atoms with Crippen LogP contribution in [0.3, 0.4) is 0 Å². The van der Waals surface area contributed by atoms with Gasteiger partial charge in [0, 0.05) is 45.2 Å². The van der Waals surface area contributed by atoms with Gasteiger partial charge in [-0.25, -0.2) is 0 Å². The molecular formula is C29H55NO3. The van der Waals surface area contributed by atoms with E-state index < -0.39 is 0 Å². The van der Waals surface area contributed by atoms with Crippen LogP contribution in [0.1, 0.15) is 156 Å². The van der Waals surface area contributed by atoms with E-state index in [1.54, 1.807) is 4.90 Å². The molecule has 0 aliphatic heterocycles. The fourth-order valence-electron chi connectivity index (χ4n) is 4.20. The molecule has 0 unspecified atom stereocenters. The monoisotopic (exact) mass is 465 g/mol. The average Bonchev–Trinajstić information content (AvgIpc) is 2.80. The maximum Gasteiger partial charge on any atom is 0.222 e. The van der Waals surface area contributed by atoms with Crippen LogP contribution in [0.15, 0.2) is 0 Å². The van der Waals surface area contributed by atoms with Gasteiger partial charge in [0.1, 0.15) is 11.6 Å². The second kappa shape index (κ2) is 24.0. The van der Waals surface area contributed by atoms with Gasteiger partial charge in [0.25, 0.3) is 0 Å². The Kier molecular flexibility index (Phi) is 23.1. The summed E-state index contributed by atoms with van der Waals surface area (Å²) < 4.78 is 0. The highest BCUT2D eigenvalue weighted by Crippen LogP contribution is 2.12. The number of nitrogens with zero attached hydrogens (tertiary/aromatic N) is 1. The van der Waals surface area contributed by atoms with Crippen LogP contribution >= 0.6 is 0 Å². The topological polar surface area (TPSA) is 54.5 Å². The summed E-state index contributed by atoms with van der Waals surface area (Å²) in [7, 11) is 0. The highest BCUT2D eigenvalue weighted by Gasteiger charge is 2.16. The van der Waals surface area contributed by atoms with E-state index in [0.29, 0.717) is 45.2 Å². The molecule has 0 radical (unpaired) electrons.